The fourth-order valence-corrected chi connectivity index (χ4v) is 0.859. The van der Waals surface area contributed by atoms with Crippen LogP contribution in [0.15, 0.2) is 18.2 Å². The fraction of sp³-hybridized carbons (Fsp3) is 0.111. The van der Waals surface area contributed by atoms with Gasteiger partial charge in [-0.2, -0.15) is 10.5 Å². The van der Waals surface area contributed by atoms with Crippen LogP contribution in [0, 0.1) is 22.7 Å². The van der Waals surface area contributed by atoms with Crippen LogP contribution in [-0.4, -0.2) is 6.61 Å². The normalized spacial score (nSPS) is 8.46. The summed E-state index contributed by atoms with van der Waals surface area (Å²) in [6.07, 6.45) is 0. The standard InChI is InChI=1S/C9H7N3O/c10-3-4-13-9-2-1-7(6-11)5-8(9)12/h1-2,5H,4,12H2. The van der Waals surface area contributed by atoms with E-state index < -0.39 is 0 Å². The monoisotopic (exact) mass is 173 g/mol. The highest BCUT2D eigenvalue weighted by molar-refractivity contribution is 5.56. The van der Waals surface area contributed by atoms with Crippen molar-refractivity contribution >= 4 is 5.69 Å². The second kappa shape index (κ2) is 3.99. The molecule has 0 amide bonds. The molecule has 0 spiro atoms. The lowest BCUT2D eigenvalue weighted by Crippen LogP contribution is -1.98. The number of nitrogen functional groups attached to an aromatic ring is 1. The molecule has 64 valence electrons. The summed E-state index contributed by atoms with van der Waals surface area (Å²) in [5.74, 6) is 0.431. The van der Waals surface area contributed by atoms with Crippen molar-refractivity contribution in [3.8, 4) is 17.9 Å². The predicted octanol–water partition coefficient (Wildman–Crippen LogP) is 1.04. The molecule has 0 aliphatic rings. The number of ether oxygens (including phenoxy) is 1. The minimum absolute atomic E-state index is 0.0455. The zero-order valence-electron chi connectivity index (χ0n) is 6.82. The van der Waals surface area contributed by atoms with E-state index in [0.29, 0.717) is 17.0 Å². The first-order valence-electron chi connectivity index (χ1n) is 3.57. The van der Waals surface area contributed by atoms with Crippen LogP contribution in [0.4, 0.5) is 5.69 Å². The molecule has 0 fully saturated rings. The average Bonchev–Trinajstić information content (AvgIpc) is 2.16. The largest absolute Gasteiger partial charge is 0.477 e. The van der Waals surface area contributed by atoms with Crippen molar-refractivity contribution in [1.82, 2.24) is 0 Å². The Morgan fingerprint density at radius 3 is 2.69 bits per heavy atom. The van der Waals surface area contributed by atoms with Crippen LogP contribution in [0.1, 0.15) is 5.56 Å². The van der Waals surface area contributed by atoms with E-state index in [1.54, 1.807) is 12.1 Å². The number of nitrogens with two attached hydrogens (primary N) is 1. The zero-order chi connectivity index (χ0) is 9.68. The number of nitrogens with zero attached hydrogens (tertiary/aromatic N) is 2. The molecule has 13 heavy (non-hydrogen) atoms. The van der Waals surface area contributed by atoms with E-state index in [0.717, 1.165) is 0 Å². The van der Waals surface area contributed by atoms with E-state index in [1.807, 2.05) is 12.1 Å². The summed E-state index contributed by atoms with van der Waals surface area (Å²) in [5.41, 5.74) is 6.40. The summed E-state index contributed by atoms with van der Waals surface area (Å²) in [5, 5.41) is 16.8. The quantitative estimate of drug-likeness (QED) is 0.677. The highest BCUT2D eigenvalue weighted by atomic mass is 16.5. The lowest BCUT2D eigenvalue weighted by atomic mass is 10.2. The molecule has 1 rings (SSSR count). The molecule has 1 aromatic rings. The Morgan fingerprint density at radius 2 is 2.15 bits per heavy atom. The molecule has 4 nitrogen and oxygen atoms in total. The fourth-order valence-electron chi connectivity index (χ4n) is 0.859. The van der Waals surface area contributed by atoms with Gasteiger partial charge in [0.25, 0.3) is 0 Å². The Balaban J connectivity index is 2.88. The third-order valence-corrected chi connectivity index (χ3v) is 1.43. The molecule has 0 atom stereocenters. The molecule has 4 heteroatoms. The van der Waals surface area contributed by atoms with Crippen LogP contribution in [-0.2, 0) is 0 Å². The first-order chi connectivity index (χ1) is 6.27. The van der Waals surface area contributed by atoms with Gasteiger partial charge in [0.15, 0.2) is 6.61 Å². The predicted molar refractivity (Wildman–Crippen MR) is 46.7 cm³/mol. The van der Waals surface area contributed by atoms with Crippen molar-refractivity contribution in [2.75, 3.05) is 12.3 Å². The topological polar surface area (TPSA) is 82.8 Å². The second-order valence-corrected chi connectivity index (χ2v) is 2.31. The van der Waals surface area contributed by atoms with E-state index in [-0.39, 0.29) is 6.61 Å². The van der Waals surface area contributed by atoms with Gasteiger partial charge in [-0.1, -0.05) is 0 Å². The molecule has 0 unspecified atom stereocenters. The van der Waals surface area contributed by atoms with Gasteiger partial charge in [-0.25, -0.2) is 0 Å². The molecule has 0 bridgehead atoms. The molecular formula is C9H7N3O. The Kier molecular flexibility index (Phi) is 2.73. The summed E-state index contributed by atoms with van der Waals surface area (Å²) >= 11 is 0. The number of rotatable bonds is 2. The van der Waals surface area contributed by atoms with Gasteiger partial charge in [-0.05, 0) is 18.2 Å². The van der Waals surface area contributed by atoms with Crippen molar-refractivity contribution in [2.24, 2.45) is 0 Å². The van der Waals surface area contributed by atoms with Crippen LogP contribution in [0.2, 0.25) is 0 Å². The third-order valence-electron chi connectivity index (χ3n) is 1.43. The van der Waals surface area contributed by atoms with E-state index in [1.165, 1.54) is 6.07 Å². The van der Waals surface area contributed by atoms with Gasteiger partial charge in [0.05, 0.1) is 17.3 Å². The Hall–Kier alpha value is -2.20. The van der Waals surface area contributed by atoms with E-state index in [9.17, 15) is 0 Å². The first kappa shape index (κ1) is 8.89. The van der Waals surface area contributed by atoms with Crippen LogP contribution >= 0.6 is 0 Å². The third kappa shape index (κ3) is 2.11. The van der Waals surface area contributed by atoms with Gasteiger partial charge < -0.3 is 10.5 Å². The van der Waals surface area contributed by atoms with Crippen molar-refractivity contribution in [1.29, 1.82) is 10.5 Å². The maximum Gasteiger partial charge on any atom is 0.174 e. The highest BCUT2D eigenvalue weighted by Crippen LogP contribution is 2.21. The van der Waals surface area contributed by atoms with Crippen molar-refractivity contribution in [3.63, 3.8) is 0 Å². The summed E-state index contributed by atoms with van der Waals surface area (Å²) in [6, 6.07) is 8.45. The summed E-state index contributed by atoms with van der Waals surface area (Å²) in [7, 11) is 0. The van der Waals surface area contributed by atoms with Gasteiger partial charge in [-0.15, -0.1) is 0 Å². The van der Waals surface area contributed by atoms with Crippen LogP contribution in [0.5, 0.6) is 5.75 Å². The molecular weight excluding hydrogens is 166 g/mol. The molecule has 0 radical (unpaired) electrons. The van der Waals surface area contributed by atoms with Crippen LogP contribution in [0.25, 0.3) is 0 Å². The molecule has 0 saturated heterocycles. The average molecular weight is 173 g/mol. The van der Waals surface area contributed by atoms with E-state index in [4.69, 9.17) is 21.0 Å². The van der Waals surface area contributed by atoms with Crippen molar-refractivity contribution < 1.29 is 4.74 Å². The Bertz CT molecular complexity index is 387. The number of hydrogen-bond donors (Lipinski definition) is 1. The van der Waals surface area contributed by atoms with Gasteiger partial charge in [0.2, 0.25) is 0 Å². The summed E-state index contributed by atoms with van der Waals surface area (Å²) in [6.45, 7) is -0.0455. The SMILES string of the molecule is N#CCOc1ccc(C#N)cc1N. The van der Waals surface area contributed by atoms with Gasteiger partial charge >= 0.3 is 0 Å². The Labute approximate surface area is 75.8 Å². The van der Waals surface area contributed by atoms with E-state index in [2.05, 4.69) is 0 Å². The summed E-state index contributed by atoms with van der Waals surface area (Å²) < 4.78 is 4.99. The minimum atomic E-state index is -0.0455. The number of benzene rings is 1. The smallest absolute Gasteiger partial charge is 0.174 e. The van der Waals surface area contributed by atoms with Crippen LogP contribution < -0.4 is 10.5 Å². The molecule has 0 heterocycles. The van der Waals surface area contributed by atoms with E-state index >= 15 is 0 Å². The number of hydrogen-bond acceptors (Lipinski definition) is 4. The minimum Gasteiger partial charge on any atom is -0.477 e. The van der Waals surface area contributed by atoms with Gasteiger partial charge in [-0.3, -0.25) is 0 Å². The molecule has 0 aliphatic heterocycles. The van der Waals surface area contributed by atoms with Gasteiger partial charge in [0.1, 0.15) is 11.8 Å². The first-order valence-corrected chi connectivity index (χ1v) is 3.57. The zero-order valence-corrected chi connectivity index (χ0v) is 6.82. The van der Waals surface area contributed by atoms with Crippen LogP contribution in [0.3, 0.4) is 0 Å². The lowest BCUT2D eigenvalue weighted by molar-refractivity contribution is 0.370. The number of anilines is 1. The molecule has 0 saturated carbocycles. The molecule has 0 aromatic heterocycles. The lowest BCUT2D eigenvalue weighted by Gasteiger charge is -2.04. The van der Waals surface area contributed by atoms with Gasteiger partial charge in [0, 0.05) is 0 Å². The second-order valence-electron chi connectivity index (χ2n) is 2.31. The Morgan fingerprint density at radius 1 is 1.38 bits per heavy atom. The number of nitriles is 2. The summed E-state index contributed by atoms with van der Waals surface area (Å²) in [4.78, 5) is 0. The molecule has 1 aromatic carbocycles. The molecule has 0 aliphatic carbocycles. The van der Waals surface area contributed by atoms with Crippen molar-refractivity contribution in [3.05, 3.63) is 23.8 Å². The maximum absolute atomic E-state index is 8.53. The molecule has 2 N–H and O–H groups in total. The maximum atomic E-state index is 8.53. The highest BCUT2D eigenvalue weighted by Gasteiger charge is 2.00. The van der Waals surface area contributed by atoms with Crippen molar-refractivity contribution in [2.45, 2.75) is 0 Å².